The summed E-state index contributed by atoms with van der Waals surface area (Å²) in [5.74, 6) is 2.40. The van der Waals surface area contributed by atoms with E-state index in [1.807, 2.05) is 35.2 Å². The van der Waals surface area contributed by atoms with Gasteiger partial charge in [-0.15, -0.1) is 0 Å². The highest BCUT2D eigenvalue weighted by atomic mass is 16.2. The number of benzene rings is 1. The van der Waals surface area contributed by atoms with E-state index in [1.54, 1.807) is 0 Å². The molecule has 0 bridgehead atoms. The lowest BCUT2D eigenvalue weighted by molar-refractivity contribution is 0.0995. The molecule has 138 valence electrons. The molecule has 4 nitrogen and oxygen atoms in total. The molecule has 2 atom stereocenters. The number of piperidine rings is 2. The summed E-state index contributed by atoms with van der Waals surface area (Å²) in [5.41, 5.74) is 1.15. The monoisotopic (exact) mass is 343 g/mol. The van der Waals surface area contributed by atoms with Gasteiger partial charge in [-0.25, -0.2) is 4.79 Å². The Morgan fingerprint density at radius 2 is 1.72 bits per heavy atom. The van der Waals surface area contributed by atoms with Gasteiger partial charge in [-0.3, -0.25) is 0 Å². The third-order valence-corrected chi connectivity index (χ3v) is 5.65. The van der Waals surface area contributed by atoms with E-state index < -0.39 is 0 Å². The van der Waals surface area contributed by atoms with Crippen molar-refractivity contribution in [3.05, 3.63) is 35.9 Å². The zero-order chi connectivity index (χ0) is 17.6. The molecule has 2 fully saturated rings. The minimum absolute atomic E-state index is 0.0857. The Hall–Kier alpha value is -1.55. The van der Waals surface area contributed by atoms with Crippen LogP contribution in [0, 0.1) is 17.8 Å². The van der Waals surface area contributed by atoms with Crippen molar-refractivity contribution in [3.8, 4) is 0 Å². The van der Waals surface area contributed by atoms with Crippen molar-refractivity contribution in [2.24, 2.45) is 17.8 Å². The Bertz CT molecular complexity index is 529. The lowest BCUT2D eigenvalue weighted by atomic mass is 9.89. The zero-order valence-electron chi connectivity index (χ0n) is 15.8. The van der Waals surface area contributed by atoms with Crippen LogP contribution in [0.4, 0.5) is 4.79 Å². The van der Waals surface area contributed by atoms with Crippen molar-refractivity contribution in [1.82, 2.24) is 15.1 Å². The standard InChI is InChI=1S/C21H33N3O/c1-17-12-18(2)15-23(14-17)16-20-8-10-24(11-9-20)21(25)22-13-19-6-4-3-5-7-19/h3-7,17-18,20H,8-16H2,1-2H3,(H,22,25)/t17-,18+. The molecule has 0 aliphatic carbocycles. The highest BCUT2D eigenvalue weighted by Gasteiger charge is 2.27. The van der Waals surface area contributed by atoms with Gasteiger partial charge in [0, 0.05) is 39.3 Å². The molecule has 2 aliphatic rings. The lowest BCUT2D eigenvalue weighted by Gasteiger charge is -2.39. The van der Waals surface area contributed by atoms with Crippen molar-refractivity contribution < 1.29 is 4.79 Å². The summed E-state index contributed by atoms with van der Waals surface area (Å²) in [5, 5.41) is 3.05. The molecule has 4 heteroatoms. The number of nitrogens with one attached hydrogen (secondary N) is 1. The van der Waals surface area contributed by atoms with Gasteiger partial charge in [-0.2, -0.15) is 0 Å². The largest absolute Gasteiger partial charge is 0.334 e. The van der Waals surface area contributed by atoms with Crippen LogP contribution in [0.25, 0.3) is 0 Å². The fourth-order valence-corrected chi connectivity index (χ4v) is 4.51. The number of amides is 2. The molecule has 1 N–H and O–H groups in total. The molecule has 0 unspecified atom stereocenters. The Kier molecular flexibility index (Phi) is 6.35. The summed E-state index contributed by atoms with van der Waals surface area (Å²) >= 11 is 0. The van der Waals surface area contributed by atoms with E-state index in [9.17, 15) is 4.79 Å². The molecule has 3 rings (SSSR count). The second kappa shape index (κ2) is 8.70. The predicted octanol–water partition coefficient (Wildman–Crippen LogP) is 3.59. The first-order valence-corrected chi connectivity index (χ1v) is 9.89. The Morgan fingerprint density at radius 3 is 2.36 bits per heavy atom. The average Bonchev–Trinajstić information content (AvgIpc) is 2.60. The summed E-state index contributed by atoms with van der Waals surface area (Å²) in [7, 11) is 0. The lowest BCUT2D eigenvalue weighted by Crippen LogP contribution is -2.47. The van der Waals surface area contributed by atoms with E-state index in [1.165, 1.54) is 26.1 Å². The molecule has 2 amide bonds. The minimum atomic E-state index is 0.0857. The van der Waals surface area contributed by atoms with Crippen molar-refractivity contribution in [3.63, 3.8) is 0 Å². The van der Waals surface area contributed by atoms with Crippen LogP contribution in [-0.4, -0.2) is 48.6 Å². The van der Waals surface area contributed by atoms with Crippen molar-refractivity contribution in [2.45, 2.75) is 39.7 Å². The van der Waals surface area contributed by atoms with Gasteiger partial charge >= 0.3 is 6.03 Å². The quantitative estimate of drug-likeness (QED) is 0.907. The van der Waals surface area contributed by atoms with Gasteiger partial charge in [0.15, 0.2) is 0 Å². The maximum absolute atomic E-state index is 12.4. The van der Waals surface area contributed by atoms with Gasteiger partial charge in [0.25, 0.3) is 0 Å². The topological polar surface area (TPSA) is 35.6 Å². The molecule has 0 spiro atoms. The van der Waals surface area contributed by atoms with Gasteiger partial charge in [0.1, 0.15) is 0 Å². The minimum Gasteiger partial charge on any atom is -0.334 e. The van der Waals surface area contributed by atoms with Crippen molar-refractivity contribution in [1.29, 1.82) is 0 Å². The second-order valence-electron chi connectivity index (χ2n) is 8.24. The van der Waals surface area contributed by atoms with Gasteiger partial charge in [-0.05, 0) is 42.6 Å². The highest BCUT2D eigenvalue weighted by Crippen LogP contribution is 2.25. The van der Waals surface area contributed by atoms with E-state index in [0.717, 1.165) is 49.2 Å². The van der Waals surface area contributed by atoms with E-state index >= 15 is 0 Å². The SMILES string of the molecule is C[C@@H]1C[C@H](C)CN(CC2CCN(C(=O)NCc3ccccc3)CC2)C1. The summed E-state index contributed by atoms with van der Waals surface area (Å²) in [4.78, 5) is 17.0. The molecule has 0 radical (unpaired) electrons. The van der Waals surface area contributed by atoms with Crippen LogP contribution < -0.4 is 5.32 Å². The van der Waals surface area contributed by atoms with Crippen LogP contribution >= 0.6 is 0 Å². The van der Waals surface area contributed by atoms with Crippen LogP contribution in [0.15, 0.2) is 30.3 Å². The fourth-order valence-electron chi connectivity index (χ4n) is 4.51. The van der Waals surface area contributed by atoms with E-state index in [2.05, 4.69) is 24.1 Å². The van der Waals surface area contributed by atoms with E-state index in [4.69, 9.17) is 0 Å². The third kappa shape index (κ3) is 5.46. The zero-order valence-corrected chi connectivity index (χ0v) is 15.8. The summed E-state index contributed by atoms with van der Waals surface area (Å²) in [6, 6.07) is 10.2. The van der Waals surface area contributed by atoms with Gasteiger partial charge in [-0.1, -0.05) is 44.2 Å². The fraction of sp³-hybridized carbons (Fsp3) is 0.667. The van der Waals surface area contributed by atoms with Crippen molar-refractivity contribution >= 4 is 6.03 Å². The maximum Gasteiger partial charge on any atom is 0.317 e. The number of hydrogen-bond donors (Lipinski definition) is 1. The molecule has 0 aromatic heterocycles. The second-order valence-corrected chi connectivity index (χ2v) is 8.24. The number of hydrogen-bond acceptors (Lipinski definition) is 2. The Balaban J connectivity index is 1.38. The highest BCUT2D eigenvalue weighted by molar-refractivity contribution is 5.74. The Labute approximate surface area is 152 Å². The molecular formula is C21H33N3O. The van der Waals surface area contributed by atoms with Gasteiger partial charge in [0.2, 0.25) is 0 Å². The number of carbonyl (C=O) groups is 1. The molecule has 2 heterocycles. The number of carbonyl (C=O) groups excluding carboxylic acids is 1. The first-order valence-electron chi connectivity index (χ1n) is 9.89. The molecule has 25 heavy (non-hydrogen) atoms. The molecule has 0 saturated carbocycles. The molecular weight excluding hydrogens is 310 g/mol. The molecule has 1 aromatic carbocycles. The van der Waals surface area contributed by atoms with Crippen LogP contribution in [0.1, 0.15) is 38.7 Å². The van der Waals surface area contributed by atoms with Crippen LogP contribution in [0.3, 0.4) is 0 Å². The van der Waals surface area contributed by atoms with Crippen LogP contribution in [-0.2, 0) is 6.54 Å². The first kappa shape index (κ1) is 18.2. The first-order chi connectivity index (χ1) is 12.1. The smallest absolute Gasteiger partial charge is 0.317 e. The van der Waals surface area contributed by atoms with E-state index in [-0.39, 0.29) is 6.03 Å². The van der Waals surface area contributed by atoms with E-state index in [0.29, 0.717) is 6.54 Å². The molecule has 2 aliphatic heterocycles. The number of rotatable bonds is 4. The van der Waals surface area contributed by atoms with Crippen LogP contribution in [0.5, 0.6) is 0 Å². The normalized spacial score (nSPS) is 25.8. The predicted molar refractivity (Wildman–Crippen MR) is 102 cm³/mol. The number of likely N-dealkylation sites (tertiary alicyclic amines) is 2. The number of urea groups is 1. The molecule has 1 aromatic rings. The van der Waals surface area contributed by atoms with Gasteiger partial charge in [0.05, 0.1) is 0 Å². The van der Waals surface area contributed by atoms with Gasteiger partial charge < -0.3 is 15.1 Å². The molecule has 2 saturated heterocycles. The van der Waals surface area contributed by atoms with Crippen LogP contribution in [0.2, 0.25) is 0 Å². The summed E-state index contributed by atoms with van der Waals surface area (Å²) in [6.45, 7) is 10.9. The van der Waals surface area contributed by atoms with Crippen molar-refractivity contribution in [2.75, 3.05) is 32.7 Å². The third-order valence-electron chi connectivity index (χ3n) is 5.65. The summed E-state index contributed by atoms with van der Waals surface area (Å²) < 4.78 is 0. The Morgan fingerprint density at radius 1 is 1.08 bits per heavy atom. The number of nitrogens with zero attached hydrogens (tertiary/aromatic N) is 2. The average molecular weight is 344 g/mol. The maximum atomic E-state index is 12.4. The summed E-state index contributed by atoms with van der Waals surface area (Å²) in [6.07, 6.45) is 3.65.